The highest BCUT2D eigenvalue weighted by Gasteiger charge is 2.08. The Balaban J connectivity index is 2.07. The van der Waals surface area contributed by atoms with Crippen LogP contribution in [0, 0.1) is 0 Å². The Hall–Kier alpha value is -1.12. The van der Waals surface area contributed by atoms with E-state index in [1.165, 1.54) is 17.8 Å². The fourth-order valence-electron chi connectivity index (χ4n) is 0.943. The molecule has 2 aromatic heterocycles. The summed E-state index contributed by atoms with van der Waals surface area (Å²) in [5.41, 5.74) is 11.8. The second-order valence-electron chi connectivity index (χ2n) is 2.78. The molecule has 6 nitrogen and oxygen atoms in total. The summed E-state index contributed by atoms with van der Waals surface area (Å²) in [6.07, 6.45) is 0. The minimum absolute atomic E-state index is 0.345. The van der Waals surface area contributed by atoms with Gasteiger partial charge in [0.1, 0.15) is 21.7 Å². The molecule has 2 heterocycles. The fourth-order valence-corrected chi connectivity index (χ4v) is 2.55. The van der Waals surface area contributed by atoms with Crippen molar-refractivity contribution < 1.29 is 0 Å². The molecule has 9 heteroatoms. The van der Waals surface area contributed by atoms with Crippen LogP contribution in [0.1, 0.15) is 5.69 Å². The van der Waals surface area contributed by atoms with Gasteiger partial charge in [0.25, 0.3) is 0 Å². The third-order valence-corrected chi connectivity index (χ3v) is 3.44. The van der Waals surface area contributed by atoms with Crippen molar-refractivity contribution in [2.24, 2.45) is 0 Å². The Bertz CT molecular complexity index is 481. The standard InChI is InChI=1S/C7H7ClN6S2/c8-6-3(13-14-16-6)2-15-7-11-4(9)1-5(10)12-7/h1H,2H2,(H4,9,10,11,12). The van der Waals surface area contributed by atoms with E-state index in [-0.39, 0.29) is 0 Å². The number of anilines is 2. The van der Waals surface area contributed by atoms with E-state index in [9.17, 15) is 0 Å². The Morgan fingerprint density at radius 1 is 1.31 bits per heavy atom. The first kappa shape index (κ1) is 11.4. The number of halogens is 1. The summed E-state index contributed by atoms with van der Waals surface area (Å²) in [6.45, 7) is 0. The maximum absolute atomic E-state index is 5.86. The Labute approximate surface area is 105 Å². The van der Waals surface area contributed by atoms with Crippen molar-refractivity contribution in [3.8, 4) is 0 Å². The number of nitrogens with zero attached hydrogens (tertiary/aromatic N) is 4. The maximum Gasteiger partial charge on any atom is 0.191 e. The van der Waals surface area contributed by atoms with Crippen molar-refractivity contribution >= 4 is 46.5 Å². The number of hydrogen-bond donors (Lipinski definition) is 2. The number of hydrogen-bond acceptors (Lipinski definition) is 8. The van der Waals surface area contributed by atoms with Gasteiger partial charge >= 0.3 is 0 Å². The third-order valence-electron chi connectivity index (χ3n) is 1.59. The van der Waals surface area contributed by atoms with Crippen molar-refractivity contribution in [3.05, 3.63) is 16.1 Å². The van der Waals surface area contributed by atoms with Crippen LogP contribution in [0.4, 0.5) is 11.6 Å². The van der Waals surface area contributed by atoms with Crippen molar-refractivity contribution in [3.63, 3.8) is 0 Å². The van der Waals surface area contributed by atoms with Gasteiger partial charge in [-0.3, -0.25) is 0 Å². The molecule has 0 aliphatic heterocycles. The normalized spacial score (nSPS) is 10.6. The molecule has 0 saturated heterocycles. The Kier molecular flexibility index (Phi) is 3.42. The van der Waals surface area contributed by atoms with Gasteiger partial charge in [-0.25, -0.2) is 9.97 Å². The van der Waals surface area contributed by atoms with E-state index in [1.54, 1.807) is 0 Å². The largest absolute Gasteiger partial charge is 0.383 e. The average molecular weight is 275 g/mol. The molecule has 0 unspecified atom stereocenters. The summed E-state index contributed by atoms with van der Waals surface area (Å²) in [4.78, 5) is 8.05. The minimum atomic E-state index is 0.345. The van der Waals surface area contributed by atoms with E-state index < -0.39 is 0 Å². The predicted molar refractivity (Wildman–Crippen MR) is 65.3 cm³/mol. The summed E-state index contributed by atoms with van der Waals surface area (Å²) in [7, 11) is 0. The first-order valence-corrected chi connectivity index (χ1v) is 6.28. The van der Waals surface area contributed by atoms with Crippen LogP contribution < -0.4 is 11.5 Å². The van der Waals surface area contributed by atoms with Gasteiger partial charge < -0.3 is 11.5 Å². The lowest BCUT2D eigenvalue weighted by Gasteiger charge is -2.00. The minimum Gasteiger partial charge on any atom is -0.383 e. The lowest BCUT2D eigenvalue weighted by atomic mass is 10.5. The molecule has 0 saturated carbocycles. The highest BCUT2D eigenvalue weighted by Crippen LogP contribution is 2.25. The van der Waals surface area contributed by atoms with E-state index in [4.69, 9.17) is 23.1 Å². The van der Waals surface area contributed by atoms with Crippen molar-refractivity contribution in [1.29, 1.82) is 0 Å². The average Bonchev–Trinajstić information content (AvgIpc) is 2.59. The Morgan fingerprint density at radius 3 is 2.56 bits per heavy atom. The van der Waals surface area contributed by atoms with Gasteiger partial charge in [0.15, 0.2) is 5.16 Å². The van der Waals surface area contributed by atoms with Crippen molar-refractivity contribution in [2.75, 3.05) is 11.5 Å². The second kappa shape index (κ2) is 4.81. The zero-order valence-electron chi connectivity index (χ0n) is 7.92. The Morgan fingerprint density at radius 2 is 2.00 bits per heavy atom. The SMILES string of the molecule is Nc1cc(N)nc(SCc2nnsc2Cl)n1. The van der Waals surface area contributed by atoms with Crippen molar-refractivity contribution in [2.45, 2.75) is 10.9 Å². The maximum atomic E-state index is 5.86. The molecular weight excluding hydrogens is 268 g/mol. The monoisotopic (exact) mass is 274 g/mol. The lowest BCUT2D eigenvalue weighted by Crippen LogP contribution is -1.99. The molecule has 0 spiro atoms. The lowest BCUT2D eigenvalue weighted by molar-refractivity contribution is 0.980. The molecule has 2 aromatic rings. The molecule has 2 rings (SSSR count). The van der Waals surface area contributed by atoms with Gasteiger partial charge in [0.2, 0.25) is 0 Å². The molecule has 0 bridgehead atoms. The van der Waals surface area contributed by atoms with Crippen LogP contribution in [-0.2, 0) is 5.75 Å². The number of rotatable bonds is 3. The smallest absolute Gasteiger partial charge is 0.191 e. The van der Waals surface area contributed by atoms with Crippen LogP contribution in [0.2, 0.25) is 4.34 Å². The van der Waals surface area contributed by atoms with E-state index in [0.29, 0.717) is 32.6 Å². The third kappa shape index (κ3) is 2.71. The fraction of sp³-hybridized carbons (Fsp3) is 0.143. The number of thioether (sulfide) groups is 1. The van der Waals surface area contributed by atoms with Gasteiger partial charge in [-0.15, -0.1) is 5.10 Å². The summed E-state index contributed by atoms with van der Waals surface area (Å²) < 4.78 is 4.30. The van der Waals surface area contributed by atoms with Gasteiger partial charge in [-0.05, 0) is 0 Å². The number of nitrogen functional groups attached to an aromatic ring is 2. The molecule has 84 valence electrons. The van der Waals surface area contributed by atoms with Crippen molar-refractivity contribution in [1.82, 2.24) is 19.6 Å². The molecule has 4 N–H and O–H groups in total. The zero-order valence-corrected chi connectivity index (χ0v) is 10.3. The molecule has 0 radical (unpaired) electrons. The van der Waals surface area contributed by atoms with Crippen LogP contribution >= 0.6 is 34.9 Å². The summed E-state index contributed by atoms with van der Waals surface area (Å²) in [5.74, 6) is 1.23. The van der Waals surface area contributed by atoms with E-state index >= 15 is 0 Å². The highest BCUT2D eigenvalue weighted by molar-refractivity contribution is 7.98. The zero-order chi connectivity index (χ0) is 11.5. The molecule has 0 atom stereocenters. The van der Waals surface area contributed by atoms with E-state index in [0.717, 1.165) is 11.5 Å². The van der Waals surface area contributed by atoms with Crippen LogP contribution in [0.15, 0.2) is 11.2 Å². The van der Waals surface area contributed by atoms with Gasteiger partial charge in [-0.1, -0.05) is 27.9 Å². The first-order valence-electron chi connectivity index (χ1n) is 4.14. The molecular formula is C7H7ClN6S2. The summed E-state index contributed by atoms with van der Waals surface area (Å²) >= 11 is 8.36. The molecule has 0 aliphatic carbocycles. The summed E-state index contributed by atoms with van der Waals surface area (Å²) in [6, 6.07) is 1.50. The quantitative estimate of drug-likeness (QED) is 0.644. The summed E-state index contributed by atoms with van der Waals surface area (Å²) in [5, 5.41) is 4.37. The van der Waals surface area contributed by atoms with Crippen LogP contribution in [0.5, 0.6) is 0 Å². The van der Waals surface area contributed by atoms with E-state index in [2.05, 4.69) is 19.6 Å². The number of nitrogens with two attached hydrogens (primary N) is 2. The predicted octanol–water partition coefficient (Wildman–Crippen LogP) is 1.44. The molecule has 0 fully saturated rings. The molecule has 0 aromatic carbocycles. The molecule has 0 amide bonds. The molecule has 16 heavy (non-hydrogen) atoms. The van der Waals surface area contributed by atoms with E-state index in [1.807, 2.05) is 0 Å². The first-order chi connectivity index (χ1) is 7.65. The second-order valence-corrected chi connectivity index (χ2v) is 5.08. The topological polar surface area (TPSA) is 104 Å². The van der Waals surface area contributed by atoms with Gasteiger partial charge in [-0.2, -0.15) is 0 Å². The van der Waals surface area contributed by atoms with Gasteiger partial charge in [0, 0.05) is 23.4 Å². The molecule has 0 aliphatic rings. The van der Waals surface area contributed by atoms with Crippen LogP contribution in [-0.4, -0.2) is 19.6 Å². The number of aromatic nitrogens is 4. The van der Waals surface area contributed by atoms with Crippen LogP contribution in [0.3, 0.4) is 0 Å². The van der Waals surface area contributed by atoms with Crippen LogP contribution in [0.25, 0.3) is 0 Å². The van der Waals surface area contributed by atoms with Gasteiger partial charge in [0.05, 0.1) is 0 Å². The highest BCUT2D eigenvalue weighted by atomic mass is 35.5.